The monoisotopic (exact) mass is 268 g/mol. The standard InChI is InChI=1S/C13H17FN2O3/c1-9-6-7-15(8-12(9)19-2)11-5-3-4-10(14)13(11)16(17)18/h3-5,9,12H,6-8H2,1-2H3. The molecule has 0 spiro atoms. The van der Waals surface area contributed by atoms with Crippen LogP contribution in [0.2, 0.25) is 0 Å². The average Bonchev–Trinajstić information content (AvgIpc) is 2.38. The molecule has 104 valence electrons. The minimum atomic E-state index is -0.796. The van der Waals surface area contributed by atoms with Gasteiger partial charge >= 0.3 is 5.69 Å². The Morgan fingerprint density at radius 3 is 2.89 bits per heavy atom. The van der Waals surface area contributed by atoms with Crippen molar-refractivity contribution in [3.8, 4) is 0 Å². The molecule has 0 aromatic heterocycles. The molecular weight excluding hydrogens is 251 g/mol. The van der Waals surface area contributed by atoms with E-state index < -0.39 is 16.4 Å². The molecule has 1 aliphatic rings. The number of benzene rings is 1. The second-order valence-electron chi connectivity index (χ2n) is 4.85. The Balaban J connectivity index is 2.32. The number of hydrogen-bond donors (Lipinski definition) is 0. The van der Waals surface area contributed by atoms with Gasteiger partial charge in [0.05, 0.1) is 11.0 Å². The van der Waals surface area contributed by atoms with E-state index in [1.165, 1.54) is 6.07 Å². The van der Waals surface area contributed by atoms with Crippen LogP contribution in [0.5, 0.6) is 0 Å². The van der Waals surface area contributed by atoms with Crippen molar-refractivity contribution in [2.24, 2.45) is 5.92 Å². The first-order valence-electron chi connectivity index (χ1n) is 6.25. The van der Waals surface area contributed by atoms with E-state index in [0.717, 1.165) is 12.5 Å². The summed E-state index contributed by atoms with van der Waals surface area (Å²) in [7, 11) is 1.63. The van der Waals surface area contributed by atoms with Gasteiger partial charge in [-0.2, -0.15) is 4.39 Å². The van der Waals surface area contributed by atoms with Crippen molar-refractivity contribution in [3.05, 3.63) is 34.1 Å². The molecule has 0 bridgehead atoms. The highest BCUT2D eigenvalue weighted by atomic mass is 19.1. The number of hydrogen-bond acceptors (Lipinski definition) is 4. The lowest BCUT2D eigenvalue weighted by Gasteiger charge is -2.37. The van der Waals surface area contributed by atoms with Gasteiger partial charge in [-0.25, -0.2) is 0 Å². The van der Waals surface area contributed by atoms with Crippen LogP contribution in [-0.4, -0.2) is 31.2 Å². The van der Waals surface area contributed by atoms with Gasteiger partial charge in [-0.1, -0.05) is 13.0 Å². The fourth-order valence-electron chi connectivity index (χ4n) is 2.50. The Morgan fingerprint density at radius 1 is 1.53 bits per heavy atom. The molecule has 1 fully saturated rings. The van der Waals surface area contributed by atoms with E-state index in [0.29, 0.717) is 24.7 Å². The minimum Gasteiger partial charge on any atom is -0.379 e. The van der Waals surface area contributed by atoms with Crippen LogP contribution >= 0.6 is 0 Å². The first kappa shape index (κ1) is 13.7. The highest BCUT2D eigenvalue weighted by Crippen LogP contribution is 2.33. The van der Waals surface area contributed by atoms with Gasteiger partial charge in [-0.15, -0.1) is 0 Å². The summed E-state index contributed by atoms with van der Waals surface area (Å²) in [5.41, 5.74) is -0.120. The molecule has 0 N–H and O–H groups in total. The number of rotatable bonds is 3. The smallest absolute Gasteiger partial charge is 0.327 e. The van der Waals surface area contributed by atoms with Crippen LogP contribution in [0, 0.1) is 21.8 Å². The normalized spacial score (nSPS) is 23.4. The number of ether oxygens (including phenoxy) is 1. The molecule has 2 rings (SSSR count). The van der Waals surface area contributed by atoms with Crippen molar-refractivity contribution in [3.63, 3.8) is 0 Å². The Labute approximate surface area is 111 Å². The van der Waals surface area contributed by atoms with Crippen molar-refractivity contribution in [2.45, 2.75) is 19.4 Å². The Kier molecular flexibility index (Phi) is 3.99. The average molecular weight is 268 g/mol. The molecule has 1 saturated heterocycles. The molecule has 1 heterocycles. The lowest BCUT2D eigenvalue weighted by Crippen LogP contribution is -2.44. The van der Waals surface area contributed by atoms with Crippen LogP contribution in [0.1, 0.15) is 13.3 Å². The van der Waals surface area contributed by atoms with Gasteiger partial charge in [-0.05, 0) is 24.5 Å². The second kappa shape index (κ2) is 5.52. The maximum atomic E-state index is 13.6. The van der Waals surface area contributed by atoms with Crippen LogP contribution in [0.25, 0.3) is 0 Å². The molecule has 6 heteroatoms. The molecule has 0 aliphatic carbocycles. The molecule has 1 aliphatic heterocycles. The SMILES string of the molecule is COC1CN(c2cccc(F)c2[N+](=O)[O-])CCC1C. The minimum absolute atomic E-state index is 0.0108. The lowest BCUT2D eigenvalue weighted by atomic mass is 9.95. The number of nitro benzene ring substituents is 1. The van der Waals surface area contributed by atoms with Crippen LogP contribution < -0.4 is 4.90 Å². The summed E-state index contributed by atoms with van der Waals surface area (Å²) in [4.78, 5) is 12.2. The van der Waals surface area contributed by atoms with Gasteiger partial charge < -0.3 is 9.64 Å². The Bertz CT molecular complexity index is 481. The summed E-state index contributed by atoms with van der Waals surface area (Å²) in [6.07, 6.45) is 0.878. The van der Waals surface area contributed by atoms with E-state index in [4.69, 9.17) is 4.74 Å². The molecule has 2 unspecified atom stereocenters. The molecule has 0 saturated carbocycles. The highest BCUT2D eigenvalue weighted by molar-refractivity contribution is 5.64. The molecule has 19 heavy (non-hydrogen) atoms. The number of para-hydroxylation sites is 1. The van der Waals surface area contributed by atoms with E-state index in [2.05, 4.69) is 6.92 Å². The third-order valence-electron chi connectivity index (χ3n) is 3.68. The summed E-state index contributed by atoms with van der Waals surface area (Å²) in [6.45, 7) is 3.30. The summed E-state index contributed by atoms with van der Waals surface area (Å²) in [5.74, 6) is -0.399. The Hall–Kier alpha value is -1.69. The fraction of sp³-hybridized carbons (Fsp3) is 0.538. The molecule has 0 amide bonds. The first-order valence-corrected chi connectivity index (χ1v) is 6.25. The maximum Gasteiger partial charge on any atom is 0.327 e. The van der Waals surface area contributed by atoms with Gasteiger partial charge in [0.15, 0.2) is 0 Å². The number of nitro groups is 1. The molecule has 0 radical (unpaired) electrons. The predicted molar refractivity (Wildman–Crippen MR) is 69.8 cm³/mol. The summed E-state index contributed by atoms with van der Waals surface area (Å²) in [5, 5.41) is 11.0. The zero-order valence-corrected chi connectivity index (χ0v) is 11.0. The zero-order chi connectivity index (χ0) is 14.0. The van der Waals surface area contributed by atoms with Gasteiger partial charge in [-0.3, -0.25) is 10.1 Å². The number of halogens is 1. The molecule has 2 atom stereocenters. The van der Waals surface area contributed by atoms with Gasteiger partial charge in [0.1, 0.15) is 5.69 Å². The highest BCUT2D eigenvalue weighted by Gasteiger charge is 2.31. The molecular formula is C13H17FN2O3. The van der Waals surface area contributed by atoms with Crippen LogP contribution in [0.15, 0.2) is 18.2 Å². The third-order valence-corrected chi connectivity index (χ3v) is 3.68. The maximum absolute atomic E-state index is 13.6. The molecule has 1 aromatic rings. The van der Waals surface area contributed by atoms with Crippen LogP contribution in [-0.2, 0) is 4.74 Å². The van der Waals surface area contributed by atoms with E-state index in [-0.39, 0.29) is 6.10 Å². The van der Waals surface area contributed by atoms with Crippen molar-refractivity contribution in [1.29, 1.82) is 0 Å². The number of nitrogens with zero attached hydrogens (tertiary/aromatic N) is 2. The fourth-order valence-corrected chi connectivity index (χ4v) is 2.50. The molecule has 5 nitrogen and oxygen atoms in total. The summed E-state index contributed by atoms with van der Waals surface area (Å²) < 4.78 is 19.0. The number of piperidine rings is 1. The van der Waals surface area contributed by atoms with Gasteiger partial charge in [0.2, 0.25) is 5.82 Å². The quantitative estimate of drug-likeness (QED) is 0.624. The van der Waals surface area contributed by atoms with Gasteiger partial charge in [0, 0.05) is 20.2 Å². The number of anilines is 1. The topological polar surface area (TPSA) is 55.6 Å². The van der Waals surface area contributed by atoms with Crippen molar-refractivity contribution >= 4 is 11.4 Å². The van der Waals surface area contributed by atoms with E-state index >= 15 is 0 Å². The predicted octanol–water partition coefficient (Wildman–Crippen LogP) is 2.60. The summed E-state index contributed by atoms with van der Waals surface area (Å²) >= 11 is 0. The van der Waals surface area contributed by atoms with E-state index in [9.17, 15) is 14.5 Å². The first-order chi connectivity index (χ1) is 9.04. The lowest BCUT2D eigenvalue weighted by molar-refractivity contribution is -0.386. The molecule has 1 aromatic carbocycles. The van der Waals surface area contributed by atoms with E-state index in [1.807, 2.05) is 4.90 Å². The van der Waals surface area contributed by atoms with Crippen molar-refractivity contribution in [1.82, 2.24) is 0 Å². The third kappa shape index (κ3) is 2.68. The Morgan fingerprint density at radius 2 is 2.26 bits per heavy atom. The second-order valence-corrected chi connectivity index (χ2v) is 4.85. The van der Waals surface area contributed by atoms with Crippen molar-refractivity contribution < 1.29 is 14.1 Å². The van der Waals surface area contributed by atoms with Gasteiger partial charge in [0.25, 0.3) is 0 Å². The van der Waals surface area contributed by atoms with E-state index in [1.54, 1.807) is 13.2 Å². The number of methoxy groups -OCH3 is 1. The summed E-state index contributed by atoms with van der Waals surface area (Å²) in [6, 6.07) is 4.20. The van der Waals surface area contributed by atoms with Crippen molar-refractivity contribution in [2.75, 3.05) is 25.1 Å². The largest absolute Gasteiger partial charge is 0.379 e. The van der Waals surface area contributed by atoms with Crippen LogP contribution in [0.4, 0.5) is 15.8 Å². The zero-order valence-electron chi connectivity index (χ0n) is 11.0. The van der Waals surface area contributed by atoms with Crippen LogP contribution in [0.3, 0.4) is 0 Å².